The van der Waals surface area contributed by atoms with Crippen LogP contribution in [-0.2, 0) is 4.74 Å². The van der Waals surface area contributed by atoms with E-state index in [1.807, 2.05) is 13.8 Å². The molecule has 2 atom stereocenters. The lowest BCUT2D eigenvalue weighted by Crippen LogP contribution is -2.29. The third-order valence-electron chi connectivity index (χ3n) is 1.54. The van der Waals surface area contributed by atoms with Crippen LogP contribution in [0.5, 0.6) is 0 Å². The zero-order chi connectivity index (χ0) is 8.20. The summed E-state index contributed by atoms with van der Waals surface area (Å²) in [6, 6.07) is 0. The van der Waals surface area contributed by atoms with Gasteiger partial charge in [0, 0.05) is 7.11 Å². The summed E-state index contributed by atoms with van der Waals surface area (Å²) < 4.78 is 16.3. The molecule has 10 heavy (non-hydrogen) atoms. The van der Waals surface area contributed by atoms with Crippen LogP contribution in [0.25, 0.3) is 0 Å². The molecule has 60 valence electrons. The van der Waals surface area contributed by atoms with Gasteiger partial charge in [-0.25, -0.2) is 4.39 Å². The molecule has 0 amide bonds. The Morgan fingerprint density at radius 3 is 2.50 bits per heavy atom. The molecule has 0 N–H and O–H groups in total. The van der Waals surface area contributed by atoms with Crippen LogP contribution in [0.1, 0.15) is 13.8 Å². The fourth-order valence-corrected chi connectivity index (χ4v) is 0.776. The van der Waals surface area contributed by atoms with Gasteiger partial charge in [-0.15, -0.1) is 0 Å². The van der Waals surface area contributed by atoms with Gasteiger partial charge in [-0.3, -0.25) is 0 Å². The van der Waals surface area contributed by atoms with Crippen molar-refractivity contribution in [1.82, 2.24) is 0 Å². The van der Waals surface area contributed by atoms with Gasteiger partial charge in [0.1, 0.15) is 0 Å². The molecule has 0 aromatic rings. The number of rotatable bonds is 3. The molecule has 1 nitrogen and oxygen atoms in total. The van der Waals surface area contributed by atoms with E-state index in [0.29, 0.717) is 6.33 Å². The molecule has 0 bridgehead atoms. The summed E-state index contributed by atoms with van der Waals surface area (Å²) >= 11 is 3.32. The zero-order valence-corrected chi connectivity index (χ0v) is 7.98. The molecule has 0 radical (unpaired) electrons. The van der Waals surface area contributed by atoms with Crippen molar-refractivity contribution in [3.63, 3.8) is 0 Å². The first kappa shape index (κ1) is 10.1. The summed E-state index contributed by atoms with van der Waals surface area (Å²) in [7, 11) is 1.59. The van der Waals surface area contributed by atoms with Crippen LogP contribution in [0.2, 0.25) is 0 Å². The minimum absolute atomic E-state index is 0.0421. The van der Waals surface area contributed by atoms with Crippen molar-refractivity contribution >= 4 is 15.9 Å². The summed E-state index contributed by atoms with van der Waals surface area (Å²) in [6.45, 7) is 3.71. The molecule has 0 aromatic heterocycles. The third kappa shape index (κ3) is 2.80. The standard InChI is InChI=1S/C7H12BrFO/c1-6(10-3)7(2,8)4-5-9/h4-6H,1-3H3/b5-4+. The highest BCUT2D eigenvalue weighted by molar-refractivity contribution is 9.10. The summed E-state index contributed by atoms with van der Waals surface area (Å²) in [4.78, 5) is 0. The first-order valence-corrected chi connectivity index (χ1v) is 3.83. The van der Waals surface area contributed by atoms with E-state index in [0.717, 1.165) is 0 Å². The lowest BCUT2D eigenvalue weighted by Gasteiger charge is -2.24. The van der Waals surface area contributed by atoms with Gasteiger partial charge in [0.05, 0.1) is 16.8 Å². The van der Waals surface area contributed by atoms with Crippen LogP contribution in [-0.4, -0.2) is 17.5 Å². The van der Waals surface area contributed by atoms with E-state index in [1.54, 1.807) is 7.11 Å². The van der Waals surface area contributed by atoms with E-state index in [-0.39, 0.29) is 6.10 Å². The van der Waals surface area contributed by atoms with Crippen molar-refractivity contribution in [3.8, 4) is 0 Å². The minimum Gasteiger partial charge on any atom is -0.380 e. The van der Waals surface area contributed by atoms with Crippen molar-refractivity contribution in [2.24, 2.45) is 0 Å². The van der Waals surface area contributed by atoms with E-state index in [9.17, 15) is 4.39 Å². The lowest BCUT2D eigenvalue weighted by molar-refractivity contribution is 0.103. The van der Waals surface area contributed by atoms with Crippen LogP contribution in [0.15, 0.2) is 12.4 Å². The van der Waals surface area contributed by atoms with Gasteiger partial charge in [0.15, 0.2) is 0 Å². The summed E-state index contributed by atoms with van der Waals surface area (Å²) in [5, 5.41) is 0. The Kier molecular flexibility index (Phi) is 4.13. The van der Waals surface area contributed by atoms with Gasteiger partial charge in [0.2, 0.25) is 0 Å². The highest BCUT2D eigenvalue weighted by Crippen LogP contribution is 2.25. The molecule has 0 aliphatic heterocycles. The van der Waals surface area contributed by atoms with Crippen LogP contribution in [0, 0.1) is 0 Å². The summed E-state index contributed by atoms with van der Waals surface area (Å²) in [5.41, 5.74) is 0. The number of alkyl halides is 1. The zero-order valence-electron chi connectivity index (χ0n) is 6.40. The van der Waals surface area contributed by atoms with Crippen LogP contribution >= 0.6 is 15.9 Å². The maximum atomic E-state index is 11.7. The quantitative estimate of drug-likeness (QED) is 0.652. The monoisotopic (exact) mass is 210 g/mol. The Morgan fingerprint density at radius 1 is 1.70 bits per heavy atom. The molecule has 0 rings (SSSR count). The Balaban J connectivity index is 4.09. The first-order chi connectivity index (χ1) is 4.54. The maximum absolute atomic E-state index is 11.7. The highest BCUT2D eigenvalue weighted by atomic mass is 79.9. The number of halogens is 2. The van der Waals surface area contributed by atoms with Crippen molar-refractivity contribution in [1.29, 1.82) is 0 Å². The molecule has 0 aliphatic carbocycles. The average Bonchev–Trinajstić information content (AvgIpc) is 1.86. The molecular formula is C7H12BrFO. The number of hydrogen-bond donors (Lipinski definition) is 0. The third-order valence-corrected chi connectivity index (χ3v) is 2.45. The summed E-state index contributed by atoms with van der Waals surface area (Å²) in [5.74, 6) is 0. The van der Waals surface area contributed by atoms with Gasteiger partial charge in [-0.05, 0) is 19.9 Å². The average molecular weight is 211 g/mol. The van der Waals surface area contributed by atoms with Crippen molar-refractivity contribution < 1.29 is 9.13 Å². The molecule has 0 fully saturated rings. The number of methoxy groups -OCH3 is 1. The second-order valence-electron chi connectivity index (χ2n) is 2.32. The van der Waals surface area contributed by atoms with Gasteiger partial charge in [0.25, 0.3) is 0 Å². The van der Waals surface area contributed by atoms with Gasteiger partial charge in [-0.2, -0.15) is 0 Å². The molecule has 0 aliphatic rings. The predicted octanol–water partition coefficient (Wildman–Crippen LogP) is 2.66. The van der Waals surface area contributed by atoms with Crippen molar-refractivity contribution in [2.75, 3.05) is 7.11 Å². The van der Waals surface area contributed by atoms with E-state index in [1.165, 1.54) is 6.08 Å². The van der Waals surface area contributed by atoms with Gasteiger partial charge < -0.3 is 4.74 Å². The van der Waals surface area contributed by atoms with E-state index < -0.39 is 4.32 Å². The normalized spacial score (nSPS) is 20.9. The fraction of sp³-hybridized carbons (Fsp3) is 0.714. The Hall–Kier alpha value is 0.110. The molecule has 0 aromatic carbocycles. The Bertz CT molecular complexity index is 123. The SMILES string of the molecule is COC(C)C(C)(Br)/C=C/F. The summed E-state index contributed by atoms with van der Waals surface area (Å²) in [6.07, 6.45) is 1.89. The minimum atomic E-state index is -0.406. The van der Waals surface area contributed by atoms with Crippen LogP contribution < -0.4 is 0 Å². The largest absolute Gasteiger partial charge is 0.380 e. The molecule has 0 saturated heterocycles. The van der Waals surface area contributed by atoms with Crippen molar-refractivity contribution in [2.45, 2.75) is 24.3 Å². The molecule has 0 heterocycles. The fourth-order valence-electron chi connectivity index (χ4n) is 0.489. The van der Waals surface area contributed by atoms with Gasteiger partial charge in [-0.1, -0.05) is 15.9 Å². The molecule has 0 spiro atoms. The number of hydrogen-bond acceptors (Lipinski definition) is 1. The highest BCUT2D eigenvalue weighted by Gasteiger charge is 2.24. The Morgan fingerprint density at radius 2 is 2.20 bits per heavy atom. The first-order valence-electron chi connectivity index (χ1n) is 3.04. The van der Waals surface area contributed by atoms with E-state index in [4.69, 9.17) is 4.74 Å². The topological polar surface area (TPSA) is 9.23 Å². The van der Waals surface area contributed by atoms with E-state index >= 15 is 0 Å². The molecular weight excluding hydrogens is 199 g/mol. The Labute approximate surface area is 69.4 Å². The van der Waals surface area contributed by atoms with E-state index in [2.05, 4.69) is 15.9 Å². The molecule has 3 heteroatoms. The molecule has 2 unspecified atom stereocenters. The van der Waals surface area contributed by atoms with Crippen LogP contribution in [0.3, 0.4) is 0 Å². The smallest absolute Gasteiger partial charge is 0.0841 e. The lowest BCUT2D eigenvalue weighted by atomic mass is 10.1. The van der Waals surface area contributed by atoms with Gasteiger partial charge >= 0.3 is 0 Å². The second kappa shape index (κ2) is 4.09. The number of ether oxygens (including phenoxy) is 1. The van der Waals surface area contributed by atoms with Crippen LogP contribution in [0.4, 0.5) is 4.39 Å². The predicted molar refractivity (Wildman–Crippen MR) is 44.1 cm³/mol. The second-order valence-corrected chi connectivity index (χ2v) is 4.03. The maximum Gasteiger partial charge on any atom is 0.0841 e. The molecule has 0 saturated carbocycles. The van der Waals surface area contributed by atoms with Crippen molar-refractivity contribution in [3.05, 3.63) is 12.4 Å².